The minimum Gasteiger partial charge on any atom is -0.391 e. The van der Waals surface area contributed by atoms with Crippen LogP contribution in [0.5, 0.6) is 0 Å². The van der Waals surface area contributed by atoms with Gasteiger partial charge in [-0.05, 0) is 34.7 Å². The lowest BCUT2D eigenvalue weighted by atomic mass is 9.85. The minimum absolute atomic E-state index is 0.239. The number of aliphatic hydroxyl groups is 1. The lowest BCUT2D eigenvalue weighted by molar-refractivity contribution is 0.0665. The van der Waals surface area contributed by atoms with E-state index in [1.807, 2.05) is 10.9 Å². The summed E-state index contributed by atoms with van der Waals surface area (Å²) in [6.07, 6.45) is 9.63. The average molecular weight is 273 g/mol. The first-order valence-corrected chi connectivity index (χ1v) is 6.41. The molecule has 1 aromatic heterocycles. The molecule has 0 spiro atoms. The van der Waals surface area contributed by atoms with Crippen molar-refractivity contribution in [1.29, 1.82) is 0 Å². The van der Waals surface area contributed by atoms with Gasteiger partial charge in [0.05, 0.1) is 23.3 Å². The molecule has 1 fully saturated rings. The van der Waals surface area contributed by atoms with Gasteiger partial charge in [-0.1, -0.05) is 19.3 Å². The van der Waals surface area contributed by atoms with Crippen LogP contribution < -0.4 is 0 Å². The van der Waals surface area contributed by atoms with Gasteiger partial charge in [0.2, 0.25) is 0 Å². The maximum Gasteiger partial charge on any atom is 0.0764 e. The quantitative estimate of drug-likeness (QED) is 0.919. The van der Waals surface area contributed by atoms with E-state index < -0.39 is 0 Å². The smallest absolute Gasteiger partial charge is 0.0764 e. The molecule has 4 heteroatoms. The molecule has 1 unspecified atom stereocenters. The number of nitrogens with zero attached hydrogens (tertiary/aromatic N) is 2. The van der Waals surface area contributed by atoms with Gasteiger partial charge in [0.1, 0.15) is 0 Å². The number of rotatable bonds is 3. The Bertz CT molecular complexity index is 307. The van der Waals surface area contributed by atoms with Gasteiger partial charge < -0.3 is 5.11 Å². The fourth-order valence-corrected chi connectivity index (χ4v) is 2.63. The topological polar surface area (TPSA) is 38.0 Å². The molecule has 1 saturated carbocycles. The molecule has 0 amide bonds. The Labute approximate surface area is 98.6 Å². The van der Waals surface area contributed by atoms with Crippen LogP contribution in [0.2, 0.25) is 0 Å². The van der Waals surface area contributed by atoms with Crippen molar-refractivity contribution >= 4 is 15.9 Å². The third-order valence-electron chi connectivity index (χ3n) is 3.17. The standard InChI is InChI=1S/C11H17BrN2O/c12-10-6-13-14(7-10)8-11(15)9-4-2-1-3-5-9/h6-7,9,11,15H,1-5,8H2. The first-order chi connectivity index (χ1) is 7.25. The second-order valence-electron chi connectivity index (χ2n) is 4.35. The summed E-state index contributed by atoms with van der Waals surface area (Å²) < 4.78 is 2.78. The highest BCUT2D eigenvalue weighted by Gasteiger charge is 2.21. The molecule has 0 radical (unpaired) electrons. The van der Waals surface area contributed by atoms with Gasteiger partial charge in [-0.15, -0.1) is 0 Å². The SMILES string of the molecule is OC(Cn1cc(Br)cn1)C1CCCCC1. The largest absolute Gasteiger partial charge is 0.391 e. The van der Waals surface area contributed by atoms with Crippen LogP contribution in [-0.2, 0) is 6.54 Å². The van der Waals surface area contributed by atoms with Crippen molar-refractivity contribution in [2.24, 2.45) is 5.92 Å². The molecule has 1 aliphatic rings. The van der Waals surface area contributed by atoms with Crippen molar-refractivity contribution in [1.82, 2.24) is 9.78 Å². The van der Waals surface area contributed by atoms with Gasteiger partial charge in [-0.3, -0.25) is 4.68 Å². The number of halogens is 1. The summed E-state index contributed by atoms with van der Waals surface area (Å²) in [6.45, 7) is 0.621. The van der Waals surface area contributed by atoms with Crippen LogP contribution in [-0.4, -0.2) is 21.0 Å². The summed E-state index contributed by atoms with van der Waals surface area (Å²) in [5.41, 5.74) is 0. The van der Waals surface area contributed by atoms with E-state index in [1.165, 1.54) is 32.1 Å². The van der Waals surface area contributed by atoms with Crippen LogP contribution in [0.1, 0.15) is 32.1 Å². The van der Waals surface area contributed by atoms with Crippen LogP contribution >= 0.6 is 15.9 Å². The number of hydrogen-bond donors (Lipinski definition) is 1. The molecule has 15 heavy (non-hydrogen) atoms. The maximum absolute atomic E-state index is 10.1. The molecular weight excluding hydrogens is 256 g/mol. The average Bonchev–Trinajstić information content (AvgIpc) is 2.65. The van der Waals surface area contributed by atoms with Crippen molar-refractivity contribution in [3.63, 3.8) is 0 Å². The maximum atomic E-state index is 10.1. The molecule has 1 atom stereocenters. The molecule has 0 saturated heterocycles. The Balaban J connectivity index is 1.88. The first-order valence-electron chi connectivity index (χ1n) is 5.62. The predicted molar refractivity (Wildman–Crippen MR) is 62.5 cm³/mol. The summed E-state index contributed by atoms with van der Waals surface area (Å²) >= 11 is 3.35. The van der Waals surface area contributed by atoms with E-state index in [9.17, 15) is 5.11 Å². The first kappa shape index (κ1) is 11.1. The number of hydrogen-bond acceptors (Lipinski definition) is 2. The lowest BCUT2D eigenvalue weighted by Gasteiger charge is -2.26. The van der Waals surface area contributed by atoms with Crippen molar-refractivity contribution in [2.75, 3.05) is 0 Å². The lowest BCUT2D eigenvalue weighted by Crippen LogP contribution is -2.27. The fraction of sp³-hybridized carbons (Fsp3) is 0.727. The predicted octanol–water partition coefficient (Wildman–Crippen LogP) is 2.59. The van der Waals surface area contributed by atoms with Crippen LogP contribution in [0.4, 0.5) is 0 Å². The zero-order chi connectivity index (χ0) is 10.7. The highest BCUT2D eigenvalue weighted by molar-refractivity contribution is 9.10. The molecule has 0 bridgehead atoms. The van der Waals surface area contributed by atoms with Gasteiger partial charge in [0.15, 0.2) is 0 Å². The molecular formula is C11H17BrN2O. The van der Waals surface area contributed by atoms with Crippen molar-refractivity contribution in [2.45, 2.75) is 44.8 Å². The molecule has 0 aliphatic heterocycles. The Morgan fingerprint density at radius 3 is 2.80 bits per heavy atom. The van der Waals surface area contributed by atoms with E-state index in [0.717, 1.165) is 4.47 Å². The highest BCUT2D eigenvalue weighted by atomic mass is 79.9. The van der Waals surface area contributed by atoms with Crippen molar-refractivity contribution in [3.8, 4) is 0 Å². The van der Waals surface area contributed by atoms with E-state index in [2.05, 4.69) is 21.0 Å². The van der Waals surface area contributed by atoms with E-state index >= 15 is 0 Å². The van der Waals surface area contributed by atoms with Gasteiger partial charge in [0, 0.05) is 6.20 Å². The molecule has 1 aromatic rings. The molecule has 2 rings (SSSR count). The third-order valence-corrected chi connectivity index (χ3v) is 3.58. The Hall–Kier alpha value is -0.350. The summed E-state index contributed by atoms with van der Waals surface area (Å²) in [4.78, 5) is 0. The monoisotopic (exact) mass is 272 g/mol. The fourth-order valence-electron chi connectivity index (χ4n) is 2.30. The normalized spacial score (nSPS) is 20.4. The minimum atomic E-state index is -0.239. The number of aromatic nitrogens is 2. The summed E-state index contributed by atoms with van der Waals surface area (Å²) in [5.74, 6) is 0.474. The molecule has 1 aliphatic carbocycles. The molecule has 1 N–H and O–H groups in total. The van der Waals surface area contributed by atoms with Crippen molar-refractivity contribution in [3.05, 3.63) is 16.9 Å². The van der Waals surface area contributed by atoms with Crippen LogP contribution in [0, 0.1) is 5.92 Å². The van der Waals surface area contributed by atoms with E-state index in [-0.39, 0.29) is 6.10 Å². The summed E-state index contributed by atoms with van der Waals surface area (Å²) in [7, 11) is 0. The van der Waals surface area contributed by atoms with Gasteiger partial charge in [-0.25, -0.2) is 0 Å². The van der Waals surface area contributed by atoms with Crippen LogP contribution in [0.3, 0.4) is 0 Å². The Kier molecular flexibility index (Phi) is 3.81. The van der Waals surface area contributed by atoms with E-state index in [1.54, 1.807) is 6.20 Å². The second-order valence-corrected chi connectivity index (χ2v) is 5.26. The van der Waals surface area contributed by atoms with Gasteiger partial charge in [-0.2, -0.15) is 5.10 Å². The zero-order valence-corrected chi connectivity index (χ0v) is 10.4. The summed E-state index contributed by atoms with van der Waals surface area (Å²) in [6, 6.07) is 0. The summed E-state index contributed by atoms with van der Waals surface area (Å²) in [5, 5.41) is 14.2. The molecule has 0 aromatic carbocycles. The molecule has 84 valence electrons. The van der Waals surface area contributed by atoms with E-state index in [0.29, 0.717) is 12.5 Å². The third kappa shape index (κ3) is 3.05. The zero-order valence-electron chi connectivity index (χ0n) is 8.77. The second kappa shape index (κ2) is 5.12. The Morgan fingerprint density at radius 2 is 2.20 bits per heavy atom. The van der Waals surface area contributed by atoms with Gasteiger partial charge in [0.25, 0.3) is 0 Å². The van der Waals surface area contributed by atoms with E-state index in [4.69, 9.17) is 0 Å². The molecule has 1 heterocycles. The van der Waals surface area contributed by atoms with Gasteiger partial charge >= 0.3 is 0 Å². The Morgan fingerprint density at radius 1 is 1.47 bits per heavy atom. The van der Waals surface area contributed by atoms with Crippen LogP contribution in [0.25, 0.3) is 0 Å². The number of aliphatic hydroxyl groups excluding tert-OH is 1. The molecule has 3 nitrogen and oxygen atoms in total. The van der Waals surface area contributed by atoms with Crippen molar-refractivity contribution < 1.29 is 5.11 Å². The highest BCUT2D eigenvalue weighted by Crippen LogP contribution is 2.27. The van der Waals surface area contributed by atoms with Crippen LogP contribution in [0.15, 0.2) is 16.9 Å².